The zero-order valence-corrected chi connectivity index (χ0v) is 17.9. The maximum absolute atomic E-state index is 13.0. The van der Waals surface area contributed by atoms with Gasteiger partial charge in [0.05, 0.1) is 31.2 Å². The van der Waals surface area contributed by atoms with Crippen molar-refractivity contribution in [2.24, 2.45) is 11.8 Å². The van der Waals surface area contributed by atoms with Crippen LogP contribution in [0.2, 0.25) is 0 Å². The van der Waals surface area contributed by atoms with Gasteiger partial charge in [-0.25, -0.2) is 9.97 Å². The van der Waals surface area contributed by atoms with Gasteiger partial charge in [-0.3, -0.25) is 9.69 Å². The summed E-state index contributed by atoms with van der Waals surface area (Å²) in [6.07, 6.45) is 0.124. The van der Waals surface area contributed by atoms with E-state index >= 15 is 0 Å². The first-order valence-corrected chi connectivity index (χ1v) is 10.8. The number of carbonyl (C=O) groups is 1. The zero-order valence-electron chi connectivity index (χ0n) is 17.9. The molecule has 2 aromatic rings. The molecular formula is C23H27F3N4O2. The first-order valence-electron chi connectivity index (χ1n) is 10.8. The molecule has 4 rings (SSSR count). The minimum Gasteiger partial charge on any atom is -0.377 e. The Morgan fingerprint density at radius 2 is 2.06 bits per heavy atom. The van der Waals surface area contributed by atoms with Crippen LogP contribution in [0.5, 0.6) is 0 Å². The second-order valence-electron chi connectivity index (χ2n) is 8.68. The summed E-state index contributed by atoms with van der Waals surface area (Å²) in [6.45, 7) is 4.77. The van der Waals surface area contributed by atoms with E-state index in [0.717, 1.165) is 31.1 Å². The van der Waals surface area contributed by atoms with Crippen LogP contribution in [0.3, 0.4) is 0 Å². The van der Waals surface area contributed by atoms with Crippen molar-refractivity contribution in [1.29, 1.82) is 0 Å². The number of ether oxygens (including phenoxy) is 1. The van der Waals surface area contributed by atoms with Crippen LogP contribution in [0.4, 0.5) is 13.2 Å². The lowest BCUT2D eigenvalue weighted by atomic mass is 9.83. The summed E-state index contributed by atoms with van der Waals surface area (Å²) in [4.78, 5) is 22.9. The fraction of sp³-hybridized carbons (Fsp3) is 0.522. The van der Waals surface area contributed by atoms with E-state index in [0.29, 0.717) is 31.0 Å². The largest absolute Gasteiger partial charge is 0.416 e. The van der Waals surface area contributed by atoms with Gasteiger partial charge in [-0.15, -0.1) is 0 Å². The van der Waals surface area contributed by atoms with E-state index in [9.17, 15) is 18.0 Å². The van der Waals surface area contributed by atoms with E-state index in [1.54, 1.807) is 18.5 Å². The normalized spacial score (nSPS) is 23.7. The summed E-state index contributed by atoms with van der Waals surface area (Å²) in [7, 11) is 0. The number of amides is 1. The number of hydrogen-bond donors (Lipinski definition) is 1. The third-order valence-corrected chi connectivity index (χ3v) is 6.20. The number of fused-ring (bicyclic) bond motifs is 1. The minimum absolute atomic E-state index is 0.0915. The Balaban J connectivity index is 1.26. The predicted molar refractivity (Wildman–Crippen MR) is 111 cm³/mol. The van der Waals surface area contributed by atoms with Gasteiger partial charge in [0.2, 0.25) is 5.91 Å². The maximum atomic E-state index is 13.0. The van der Waals surface area contributed by atoms with Crippen LogP contribution in [-0.2, 0) is 28.8 Å². The Labute approximate surface area is 185 Å². The highest BCUT2D eigenvalue weighted by Gasteiger charge is 2.41. The molecule has 2 saturated heterocycles. The highest BCUT2D eigenvalue weighted by Crippen LogP contribution is 2.36. The Morgan fingerprint density at radius 3 is 2.81 bits per heavy atom. The van der Waals surface area contributed by atoms with Gasteiger partial charge in [-0.2, -0.15) is 13.2 Å². The number of piperidine rings is 1. The van der Waals surface area contributed by atoms with Crippen LogP contribution in [0.25, 0.3) is 0 Å². The summed E-state index contributed by atoms with van der Waals surface area (Å²) in [5, 5.41) is 2.85. The molecule has 0 spiro atoms. The van der Waals surface area contributed by atoms with Crippen molar-refractivity contribution < 1.29 is 22.7 Å². The molecule has 6 nitrogen and oxygen atoms in total. The third-order valence-electron chi connectivity index (χ3n) is 6.20. The summed E-state index contributed by atoms with van der Waals surface area (Å²) in [5.74, 6) is 1.05. The van der Waals surface area contributed by atoms with E-state index in [4.69, 9.17) is 4.74 Å². The van der Waals surface area contributed by atoms with Gasteiger partial charge in [0.15, 0.2) is 0 Å². The molecule has 32 heavy (non-hydrogen) atoms. The fourth-order valence-corrected chi connectivity index (χ4v) is 4.56. The second kappa shape index (κ2) is 9.54. The molecule has 2 fully saturated rings. The zero-order chi connectivity index (χ0) is 22.7. The average molecular weight is 448 g/mol. The van der Waals surface area contributed by atoms with Crippen molar-refractivity contribution >= 4 is 5.91 Å². The van der Waals surface area contributed by atoms with Crippen LogP contribution < -0.4 is 5.32 Å². The molecule has 0 saturated carbocycles. The van der Waals surface area contributed by atoms with Crippen LogP contribution in [0, 0.1) is 18.8 Å². The van der Waals surface area contributed by atoms with E-state index in [1.165, 1.54) is 12.1 Å². The number of halogens is 3. The number of nitrogens with zero attached hydrogens (tertiary/aromatic N) is 3. The highest BCUT2D eigenvalue weighted by atomic mass is 19.4. The molecular weight excluding hydrogens is 421 g/mol. The molecule has 1 aromatic heterocycles. The first-order chi connectivity index (χ1) is 15.3. The maximum Gasteiger partial charge on any atom is 0.416 e. The van der Waals surface area contributed by atoms with Crippen LogP contribution in [0.15, 0.2) is 36.7 Å². The number of hydrogen-bond acceptors (Lipinski definition) is 5. The van der Waals surface area contributed by atoms with Crippen molar-refractivity contribution in [3.8, 4) is 0 Å². The number of aromatic nitrogens is 2. The van der Waals surface area contributed by atoms with Gasteiger partial charge < -0.3 is 10.1 Å². The van der Waals surface area contributed by atoms with E-state index < -0.39 is 11.7 Å². The third kappa shape index (κ3) is 5.63. The number of benzene rings is 1. The van der Waals surface area contributed by atoms with Crippen LogP contribution in [0.1, 0.15) is 35.4 Å². The van der Waals surface area contributed by atoms with E-state index in [2.05, 4.69) is 20.2 Å². The van der Waals surface area contributed by atoms with E-state index in [1.807, 2.05) is 6.92 Å². The predicted octanol–water partition coefficient (Wildman–Crippen LogP) is 3.35. The monoisotopic (exact) mass is 448 g/mol. The van der Waals surface area contributed by atoms with E-state index in [-0.39, 0.29) is 30.4 Å². The average Bonchev–Trinajstić information content (AvgIpc) is 3.15. The van der Waals surface area contributed by atoms with Crippen molar-refractivity contribution in [1.82, 2.24) is 20.2 Å². The Morgan fingerprint density at radius 1 is 1.28 bits per heavy atom. The lowest BCUT2D eigenvalue weighted by Gasteiger charge is -2.35. The van der Waals surface area contributed by atoms with Gasteiger partial charge in [0, 0.05) is 31.4 Å². The Kier molecular flexibility index (Phi) is 6.76. The van der Waals surface area contributed by atoms with Gasteiger partial charge in [0.25, 0.3) is 0 Å². The molecule has 2 aliphatic rings. The van der Waals surface area contributed by atoms with Gasteiger partial charge >= 0.3 is 6.18 Å². The fourth-order valence-electron chi connectivity index (χ4n) is 4.56. The number of likely N-dealkylation sites (tertiary alicyclic amines) is 1. The Hall–Kier alpha value is -2.52. The second-order valence-corrected chi connectivity index (χ2v) is 8.68. The number of aryl methyl sites for hydroxylation is 1. The topological polar surface area (TPSA) is 67.3 Å². The van der Waals surface area contributed by atoms with Gasteiger partial charge in [-0.1, -0.05) is 18.2 Å². The molecule has 0 bridgehead atoms. The molecule has 1 aromatic carbocycles. The Bertz CT molecular complexity index is 936. The molecule has 3 heterocycles. The molecule has 172 valence electrons. The van der Waals surface area contributed by atoms with Crippen molar-refractivity contribution in [3.05, 3.63) is 59.2 Å². The van der Waals surface area contributed by atoms with Crippen LogP contribution >= 0.6 is 0 Å². The minimum atomic E-state index is -4.33. The molecule has 0 aliphatic carbocycles. The number of nitrogens with one attached hydrogen (secondary N) is 1. The molecule has 9 heteroatoms. The van der Waals surface area contributed by atoms with Crippen LogP contribution in [-0.4, -0.2) is 46.6 Å². The van der Waals surface area contributed by atoms with Crippen molar-refractivity contribution in [2.75, 3.05) is 19.7 Å². The molecule has 1 amide bonds. The standard InChI is InChI=1S/C23H27F3N4O2/c1-15-9-27-21(28-10-15)11-29-22(31)8-20-19-5-6-30(13-17(19)14-32-20)12-16-3-2-4-18(7-16)23(24,25)26/h2-4,7,9-10,17,19-20H,5-6,8,11-14H2,1H3,(H,29,31)/t17-,19-,20+/m1/s1. The lowest BCUT2D eigenvalue weighted by Crippen LogP contribution is -2.41. The summed E-state index contributed by atoms with van der Waals surface area (Å²) >= 11 is 0. The summed E-state index contributed by atoms with van der Waals surface area (Å²) < 4.78 is 44.8. The van der Waals surface area contributed by atoms with Crippen molar-refractivity contribution in [2.45, 2.75) is 45.1 Å². The highest BCUT2D eigenvalue weighted by molar-refractivity contribution is 5.76. The molecule has 2 aliphatic heterocycles. The number of alkyl halides is 3. The molecule has 1 N–H and O–H groups in total. The lowest BCUT2D eigenvalue weighted by molar-refractivity contribution is -0.137. The molecule has 0 radical (unpaired) electrons. The number of carbonyl (C=O) groups excluding carboxylic acids is 1. The van der Waals surface area contributed by atoms with Gasteiger partial charge in [0.1, 0.15) is 5.82 Å². The number of rotatable bonds is 6. The first kappa shape index (κ1) is 22.7. The smallest absolute Gasteiger partial charge is 0.377 e. The molecule has 3 atom stereocenters. The summed E-state index contributed by atoms with van der Waals surface area (Å²) in [6, 6.07) is 5.51. The quantitative estimate of drug-likeness (QED) is 0.734. The SMILES string of the molecule is Cc1cnc(CNC(=O)C[C@@H]2OC[C@H]3CN(Cc4cccc(C(F)(F)F)c4)CC[C@H]32)nc1. The van der Waals surface area contributed by atoms with Gasteiger partial charge in [-0.05, 0) is 43.0 Å². The summed E-state index contributed by atoms with van der Waals surface area (Å²) in [5.41, 5.74) is 1.01. The molecule has 0 unspecified atom stereocenters. The van der Waals surface area contributed by atoms with Crippen molar-refractivity contribution in [3.63, 3.8) is 0 Å².